The van der Waals surface area contributed by atoms with E-state index in [0.717, 1.165) is 31.0 Å². The molecule has 6 heteroatoms. The first-order valence-electron chi connectivity index (χ1n) is 8.14. The highest BCUT2D eigenvalue weighted by atomic mass is 16.5. The van der Waals surface area contributed by atoms with Crippen molar-refractivity contribution in [3.05, 3.63) is 41.0 Å². The van der Waals surface area contributed by atoms with Gasteiger partial charge in [-0.05, 0) is 38.4 Å². The zero-order valence-electron chi connectivity index (χ0n) is 14.0. The van der Waals surface area contributed by atoms with Gasteiger partial charge in [0.2, 0.25) is 0 Å². The Morgan fingerprint density at radius 1 is 1.43 bits per heavy atom. The van der Waals surface area contributed by atoms with Crippen LogP contribution in [0, 0.1) is 6.92 Å². The first-order chi connectivity index (χ1) is 11.1. The third-order valence-electron chi connectivity index (χ3n) is 4.62. The summed E-state index contributed by atoms with van der Waals surface area (Å²) in [4.78, 5) is 14.4. The number of carbonyl (C=O) groups excluding carboxylic acids is 1. The lowest BCUT2D eigenvalue weighted by atomic mass is 9.99. The van der Waals surface area contributed by atoms with E-state index in [-0.39, 0.29) is 5.91 Å². The molecule has 0 spiro atoms. The zero-order valence-corrected chi connectivity index (χ0v) is 14.0. The summed E-state index contributed by atoms with van der Waals surface area (Å²) in [6, 6.07) is 6.28. The lowest BCUT2D eigenvalue weighted by molar-refractivity contribution is 0.0952. The third kappa shape index (κ3) is 3.17. The largest absolute Gasteiger partial charge is 0.361 e. The van der Waals surface area contributed by atoms with Gasteiger partial charge in [0.1, 0.15) is 11.5 Å². The molecule has 0 bridgehead atoms. The lowest BCUT2D eigenvalue weighted by Gasteiger charge is -2.35. The fraction of sp³-hybridized carbons (Fsp3) is 0.529. The Kier molecular flexibility index (Phi) is 4.52. The second kappa shape index (κ2) is 6.58. The molecule has 3 rings (SSSR count). The molecule has 1 N–H and O–H groups in total. The van der Waals surface area contributed by atoms with Crippen LogP contribution in [0.15, 0.2) is 22.7 Å². The molecule has 0 radical (unpaired) electrons. The molecule has 1 fully saturated rings. The highest BCUT2D eigenvalue weighted by Gasteiger charge is 2.27. The Hall–Kier alpha value is -2.08. The number of nitrogens with one attached hydrogen (secondary N) is 1. The quantitative estimate of drug-likeness (QED) is 0.941. The van der Waals surface area contributed by atoms with E-state index in [1.807, 2.05) is 30.7 Å². The number of rotatable bonds is 4. The Bertz CT molecular complexity index is 689. The van der Waals surface area contributed by atoms with E-state index < -0.39 is 0 Å². The summed E-state index contributed by atoms with van der Waals surface area (Å²) in [5.41, 5.74) is 2.85. The van der Waals surface area contributed by atoms with Gasteiger partial charge in [0.25, 0.3) is 5.91 Å². The highest BCUT2D eigenvalue weighted by Crippen LogP contribution is 2.32. The van der Waals surface area contributed by atoms with E-state index in [2.05, 4.69) is 21.4 Å². The molecule has 0 saturated carbocycles. The summed E-state index contributed by atoms with van der Waals surface area (Å²) in [5, 5.41) is 6.82. The van der Waals surface area contributed by atoms with Crippen molar-refractivity contribution in [3.63, 3.8) is 0 Å². The SMILES string of the molecule is CNC(=O)c1ccc([C@@H]2CCCCN2Cc2cc(C)on2)n1C. The molecule has 23 heavy (non-hydrogen) atoms. The Labute approximate surface area is 136 Å². The summed E-state index contributed by atoms with van der Waals surface area (Å²) >= 11 is 0. The third-order valence-corrected chi connectivity index (χ3v) is 4.62. The number of hydrogen-bond donors (Lipinski definition) is 1. The lowest BCUT2D eigenvalue weighted by Crippen LogP contribution is -2.34. The molecule has 1 amide bonds. The monoisotopic (exact) mass is 316 g/mol. The van der Waals surface area contributed by atoms with Crippen LogP contribution < -0.4 is 5.32 Å². The van der Waals surface area contributed by atoms with Crippen LogP contribution in [0.1, 0.15) is 52.9 Å². The van der Waals surface area contributed by atoms with Crippen LogP contribution in [-0.4, -0.2) is 34.1 Å². The van der Waals surface area contributed by atoms with Gasteiger partial charge in [-0.15, -0.1) is 0 Å². The maximum atomic E-state index is 11.9. The van der Waals surface area contributed by atoms with Crippen LogP contribution in [0.3, 0.4) is 0 Å². The normalized spacial score (nSPS) is 19.0. The van der Waals surface area contributed by atoms with Crippen molar-refractivity contribution in [1.82, 2.24) is 19.9 Å². The number of amides is 1. The molecule has 3 heterocycles. The average molecular weight is 316 g/mol. The van der Waals surface area contributed by atoms with Crippen molar-refractivity contribution in [2.75, 3.05) is 13.6 Å². The Morgan fingerprint density at radius 3 is 2.96 bits per heavy atom. The molecular weight excluding hydrogens is 292 g/mol. The topological polar surface area (TPSA) is 63.3 Å². The van der Waals surface area contributed by atoms with Gasteiger partial charge in [0, 0.05) is 32.4 Å². The average Bonchev–Trinajstić information content (AvgIpc) is 3.13. The standard InChI is InChI=1S/C17H24N4O2/c1-12-10-13(19-23-12)11-21-9-5-4-6-15(21)14-7-8-16(20(14)3)17(22)18-2/h7-8,10,15H,4-6,9,11H2,1-3H3,(H,18,22)/t15-/m0/s1. The molecule has 2 aromatic heterocycles. The van der Waals surface area contributed by atoms with Crippen LogP contribution in [0.25, 0.3) is 0 Å². The molecule has 2 aromatic rings. The van der Waals surface area contributed by atoms with E-state index in [9.17, 15) is 4.79 Å². The number of aryl methyl sites for hydroxylation is 1. The highest BCUT2D eigenvalue weighted by molar-refractivity contribution is 5.92. The maximum absolute atomic E-state index is 11.9. The summed E-state index contributed by atoms with van der Waals surface area (Å²) in [5.74, 6) is 0.794. The summed E-state index contributed by atoms with van der Waals surface area (Å²) < 4.78 is 7.20. The van der Waals surface area contributed by atoms with Crippen molar-refractivity contribution < 1.29 is 9.32 Å². The van der Waals surface area contributed by atoms with Crippen molar-refractivity contribution in [1.29, 1.82) is 0 Å². The predicted molar refractivity (Wildman–Crippen MR) is 87.0 cm³/mol. The van der Waals surface area contributed by atoms with Gasteiger partial charge >= 0.3 is 0 Å². The van der Waals surface area contributed by atoms with Gasteiger partial charge < -0.3 is 14.4 Å². The van der Waals surface area contributed by atoms with Crippen LogP contribution in [-0.2, 0) is 13.6 Å². The van der Waals surface area contributed by atoms with Crippen molar-refractivity contribution >= 4 is 5.91 Å². The summed E-state index contributed by atoms with van der Waals surface area (Å²) in [6.07, 6.45) is 3.50. The summed E-state index contributed by atoms with van der Waals surface area (Å²) in [7, 11) is 3.63. The zero-order chi connectivity index (χ0) is 16.4. The maximum Gasteiger partial charge on any atom is 0.267 e. The first-order valence-corrected chi connectivity index (χ1v) is 8.14. The van der Waals surface area contributed by atoms with Gasteiger partial charge in [0.15, 0.2) is 0 Å². The van der Waals surface area contributed by atoms with Crippen molar-refractivity contribution in [2.45, 2.75) is 38.8 Å². The molecule has 1 aliphatic rings. The van der Waals surface area contributed by atoms with Crippen molar-refractivity contribution in [2.24, 2.45) is 7.05 Å². The first kappa shape index (κ1) is 15.8. The van der Waals surface area contributed by atoms with Crippen LogP contribution in [0.2, 0.25) is 0 Å². The predicted octanol–water partition coefficient (Wildman–Crippen LogP) is 2.41. The van der Waals surface area contributed by atoms with E-state index in [4.69, 9.17) is 4.52 Å². The Morgan fingerprint density at radius 2 is 2.26 bits per heavy atom. The molecule has 124 valence electrons. The second-order valence-electron chi connectivity index (χ2n) is 6.19. The molecule has 6 nitrogen and oxygen atoms in total. The van der Waals surface area contributed by atoms with Gasteiger partial charge in [-0.2, -0.15) is 0 Å². The minimum Gasteiger partial charge on any atom is -0.361 e. The molecule has 1 saturated heterocycles. The second-order valence-corrected chi connectivity index (χ2v) is 6.19. The van der Waals surface area contributed by atoms with Crippen LogP contribution in [0.4, 0.5) is 0 Å². The summed E-state index contributed by atoms with van der Waals surface area (Å²) in [6.45, 7) is 3.73. The molecule has 0 aliphatic carbocycles. The minimum absolute atomic E-state index is 0.0479. The molecule has 1 aliphatic heterocycles. The van der Waals surface area contributed by atoms with Gasteiger partial charge in [0.05, 0.1) is 11.7 Å². The number of hydrogen-bond acceptors (Lipinski definition) is 4. The van der Waals surface area contributed by atoms with E-state index >= 15 is 0 Å². The van der Waals surface area contributed by atoms with E-state index in [0.29, 0.717) is 11.7 Å². The number of piperidine rings is 1. The van der Waals surface area contributed by atoms with Crippen molar-refractivity contribution in [3.8, 4) is 0 Å². The smallest absolute Gasteiger partial charge is 0.267 e. The van der Waals surface area contributed by atoms with Gasteiger partial charge in [-0.3, -0.25) is 9.69 Å². The Balaban J connectivity index is 1.84. The van der Waals surface area contributed by atoms with Crippen LogP contribution in [0.5, 0.6) is 0 Å². The fourth-order valence-electron chi connectivity index (χ4n) is 3.43. The van der Waals surface area contributed by atoms with E-state index in [1.54, 1.807) is 7.05 Å². The fourth-order valence-corrected chi connectivity index (χ4v) is 3.43. The number of carbonyl (C=O) groups is 1. The van der Waals surface area contributed by atoms with E-state index in [1.165, 1.54) is 18.5 Å². The molecular formula is C17H24N4O2. The molecule has 1 atom stereocenters. The number of likely N-dealkylation sites (tertiary alicyclic amines) is 1. The number of nitrogens with zero attached hydrogens (tertiary/aromatic N) is 3. The number of aromatic nitrogens is 2. The molecule has 0 unspecified atom stereocenters. The van der Waals surface area contributed by atoms with Crippen LogP contribution >= 0.6 is 0 Å². The van der Waals surface area contributed by atoms with Gasteiger partial charge in [-0.1, -0.05) is 11.6 Å². The van der Waals surface area contributed by atoms with Gasteiger partial charge in [-0.25, -0.2) is 0 Å². The molecule has 0 aromatic carbocycles. The minimum atomic E-state index is -0.0479.